The monoisotopic (exact) mass is 411 g/mol. The summed E-state index contributed by atoms with van der Waals surface area (Å²) in [7, 11) is -1.09. The van der Waals surface area contributed by atoms with E-state index in [0.717, 1.165) is 26.1 Å². The van der Waals surface area contributed by atoms with E-state index in [1.165, 1.54) is 54.4 Å². The molecular formula is C25H34NO2P. The van der Waals surface area contributed by atoms with Gasteiger partial charge in [0.1, 0.15) is 0 Å². The van der Waals surface area contributed by atoms with Gasteiger partial charge in [0.15, 0.2) is 0 Å². The third kappa shape index (κ3) is 4.75. The van der Waals surface area contributed by atoms with Crippen LogP contribution in [0.2, 0.25) is 0 Å². The lowest BCUT2D eigenvalue weighted by atomic mass is 10.0. The fourth-order valence-corrected chi connectivity index (χ4v) is 6.27. The standard InChI is InChI=1S/C25H34NO2P/c1-20(2)26(29-27-18-12-6-4-3-5-7-13-19-28-29)25-23-16-10-8-14-21(23)22-15-9-11-17-24(22)25/h8-11,14-17,20,25H,3-7,12-13,18-19H2,1-2H3. The van der Waals surface area contributed by atoms with Crippen molar-refractivity contribution in [2.45, 2.75) is 70.9 Å². The van der Waals surface area contributed by atoms with Gasteiger partial charge >= 0.3 is 0 Å². The van der Waals surface area contributed by atoms with Crippen molar-refractivity contribution in [1.29, 1.82) is 0 Å². The third-order valence-corrected chi connectivity index (χ3v) is 7.85. The normalized spacial score (nSPS) is 19.6. The number of nitrogens with zero attached hydrogens (tertiary/aromatic N) is 1. The van der Waals surface area contributed by atoms with Gasteiger partial charge in [0.2, 0.25) is 0 Å². The molecule has 0 N–H and O–H groups in total. The maximum Gasteiger partial charge on any atom is 0.259 e. The molecule has 0 unspecified atom stereocenters. The zero-order valence-electron chi connectivity index (χ0n) is 17.8. The van der Waals surface area contributed by atoms with Gasteiger partial charge in [0.05, 0.1) is 19.3 Å². The lowest BCUT2D eigenvalue weighted by Gasteiger charge is -2.38. The summed E-state index contributed by atoms with van der Waals surface area (Å²) in [5.74, 6) is 0. The summed E-state index contributed by atoms with van der Waals surface area (Å²) < 4.78 is 15.4. The molecule has 2 aromatic carbocycles. The maximum absolute atomic E-state index is 6.45. The topological polar surface area (TPSA) is 21.7 Å². The van der Waals surface area contributed by atoms with Crippen LogP contribution in [-0.2, 0) is 9.05 Å². The molecule has 1 heterocycles. The van der Waals surface area contributed by atoms with Crippen molar-refractivity contribution >= 4 is 8.53 Å². The lowest BCUT2D eigenvalue weighted by molar-refractivity contribution is 0.170. The Morgan fingerprint density at radius 2 is 1.17 bits per heavy atom. The highest BCUT2D eigenvalue weighted by Gasteiger charge is 2.39. The van der Waals surface area contributed by atoms with Crippen LogP contribution < -0.4 is 0 Å². The number of benzene rings is 2. The maximum atomic E-state index is 6.45. The molecule has 1 aliphatic carbocycles. The number of rotatable bonds is 3. The first-order valence-electron chi connectivity index (χ1n) is 11.3. The zero-order chi connectivity index (χ0) is 20.1. The molecule has 29 heavy (non-hydrogen) atoms. The molecule has 156 valence electrons. The second-order valence-electron chi connectivity index (χ2n) is 8.43. The fraction of sp³-hybridized carbons (Fsp3) is 0.520. The number of hydrogen-bond acceptors (Lipinski definition) is 3. The van der Waals surface area contributed by atoms with E-state index < -0.39 is 8.53 Å². The molecule has 2 aromatic rings. The van der Waals surface area contributed by atoms with Gasteiger partial charge in [0, 0.05) is 6.04 Å². The van der Waals surface area contributed by atoms with Crippen molar-refractivity contribution < 1.29 is 9.05 Å². The van der Waals surface area contributed by atoms with Crippen LogP contribution in [0.15, 0.2) is 48.5 Å². The molecule has 1 aliphatic heterocycles. The van der Waals surface area contributed by atoms with Crippen LogP contribution in [0.5, 0.6) is 0 Å². The molecule has 0 atom stereocenters. The van der Waals surface area contributed by atoms with Crippen molar-refractivity contribution in [3.63, 3.8) is 0 Å². The van der Waals surface area contributed by atoms with E-state index in [1.807, 2.05) is 0 Å². The average molecular weight is 412 g/mol. The summed E-state index contributed by atoms with van der Waals surface area (Å²) in [6, 6.07) is 18.2. The van der Waals surface area contributed by atoms with Crippen molar-refractivity contribution in [2.75, 3.05) is 13.2 Å². The summed E-state index contributed by atoms with van der Waals surface area (Å²) in [4.78, 5) is 0. The van der Waals surface area contributed by atoms with Gasteiger partial charge < -0.3 is 9.05 Å². The molecule has 0 aromatic heterocycles. The number of fused-ring (bicyclic) bond motifs is 3. The molecule has 2 aliphatic rings. The predicted octanol–water partition coefficient (Wildman–Crippen LogP) is 7.47. The predicted molar refractivity (Wildman–Crippen MR) is 122 cm³/mol. The minimum absolute atomic E-state index is 0.196. The SMILES string of the molecule is CC(C)N(C1c2ccccc2-c2ccccc21)P1OCCCCCCCCCO1. The van der Waals surface area contributed by atoms with Crippen molar-refractivity contribution in [3.8, 4) is 11.1 Å². The first kappa shape index (κ1) is 21.0. The van der Waals surface area contributed by atoms with E-state index in [0.29, 0.717) is 6.04 Å². The summed E-state index contributed by atoms with van der Waals surface area (Å²) in [6.07, 6.45) is 8.80. The van der Waals surface area contributed by atoms with E-state index in [1.54, 1.807) is 0 Å². The Morgan fingerprint density at radius 3 is 1.66 bits per heavy atom. The smallest absolute Gasteiger partial charge is 0.259 e. The molecule has 4 rings (SSSR count). The molecule has 0 bridgehead atoms. The molecule has 0 radical (unpaired) electrons. The van der Waals surface area contributed by atoms with Crippen LogP contribution in [0, 0.1) is 0 Å². The van der Waals surface area contributed by atoms with Gasteiger partial charge in [-0.2, -0.15) is 0 Å². The largest absolute Gasteiger partial charge is 0.322 e. The highest BCUT2D eigenvalue weighted by atomic mass is 31.2. The molecule has 0 amide bonds. The Hall–Kier alpha value is -1.25. The van der Waals surface area contributed by atoms with E-state index >= 15 is 0 Å². The van der Waals surface area contributed by atoms with Crippen molar-refractivity contribution in [3.05, 3.63) is 59.7 Å². The van der Waals surface area contributed by atoms with Crippen LogP contribution in [0.1, 0.15) is 76.0 Å². The highest BCUT2D eigenvalue weighted by Crippen LogP contribution is 2.56. The number of hydrogen-bond donors (Lipinski definition) is 0. The summed E-state index contributed by atoms with van der Waals surface area (Å²) in [5.41, 5.74) is 5.46. The molecular weight excluding hydrogens is 377 g/mol. The van der Waals surface area contributed by atoms with Crippen molar-refractivity contribution in [1.82, 2.24) is 4.67 Å². The van der Waals surface area contributed by atoms with E-state index in [-0.39, 0.29) is 6.04 Å². The Bertz CT molecular complexity index is 736. The van der Waals surface area contributed by atoms with E-state index in [4.69, 9.17) is 9.05 Å². The van der Waals surface area contributed by atoms with Gasteiger partial charge in [0.25, 0.3) is 8.53 Å². The summed E-state index contributed by atoms with van der Waals surface area (Å²) in [6.45, 7) is 6.14. The lowest BCUT2D eigenvalue weighted by Crippen LogP contribution is -2.32. The van der Waals surface area contributed by atoms with Gasteiger partial charge in [-0.3, -0.25) is 0 Å². The highest BCUT2D eigenvalue weighted by molar-refractivity contribution is 7.44. The second-order valence-corrected chi connectivity index (χ2v) is 9.88. The Morgan fingerprint density at radius 1 is 0.724 bits per heavy atom. The zero-order valence-corrected chi connectivity index (χ0v) is 18.7. The Balaban J connectivity index is 1.65. The van der Waals surface area contributed by atoms with Crippen molar-refractivity contribution in [2.24, 2.45) is 0 Å². The van der Waals surface area contributed by atoms with Gasteiger partial charge in [-0.25, -0.2) is 4.67 Å². The van der Waals surface area contributed by atoms with Gasteiger partial charge in [-0.15, -0.1) is 0 Å². The van der Waals surface area contributed by atoms with E-state index in [9.17, 15) is 0 Å². The van der Waals surface area contributed by atoms with Crippen LogP contribution in [0.3, 0.4) is 0 Å². The summed E-state index contributed by atoms with van der Waals surface area (Å²) >= 11 is 0. The quantitative estimate of drug-likeness (QED) is 0.489. The third-order valence-electron chi connectivity index (χ3n) is 5.98. The molecule has 1 saturated heterocycles. The summed E-state index contributed by atoms with van der Waals surface area (Å²) in [5, 5.41) is 0. The molecule has 1 fully saturated rings. The minimum Gasteiger partial charge on any atom is -0.322 e. The molecule has 0 spiro atoms. The first-order valence-corrected chi connectivity index (χ1v) is 12.4. The van der Waals surface area contributed by atoms with Crippen LogP contribution in [-0.4, -0.2) is 23.9 Å². The average Bonchev–Trinajstić information content (AvgIpc) is 3.04. The fourth-order valence-electron chi connectivity index (χ4n) is 4.54. The Labute approximate surface area is 177 Å². The Kier molecular flexibility index (Phi) is 7.37. The minimum atomic E-state index is -1.09. The first-order chi connectivity index (χ1) is 14.3. The van der Waals surface area contributed by atoms with Crippen LogP contribution in [0.4, 0.5) is 0 Å². The molecule has 3 nitrogen and oxygen atoms in total. The molecule has 4 heteroatoms. The van der Waals surface area contributed by atoms with E-state index in [2.05, 4.69) is 67.0 Å². The van der Waals surface area contributed by atoms with Crippen LogP contribution in [0.25, 0.3) is 11.1 Å². The molecule has 0 saturated carbocycles. The van der Waals surface area contributed by atoms with Gasteiger partial charge in [-0.1, -0.05) is 80.6 Å². The second kappa shape index (κ2) is 10.2. The van der Waals surface area contributed by atoms with Crippen LogP contribution >= 0.6 is 8.53 Å². The van der Waals surface area contributed by atoms with Gasteiger partial charge in [-0.05, 0) is 48.9 Å².